The third kappa shape index (κ3) is 1.66. The van der Waals surface area contributed by atoms with E-state index < -0.39 is 0 Å². The first-order chi connectivity index (χ1) is 7.84. The SMILES string of the molecule is O=C1C[C@H](c2cccs2)Sc2nccnc21. The molecule has 16 heavy (non-hydrogen) atoms. The monoisotopic (exact) mass is 248 g/mol. The Morgan fingerprint density at radius 3 is 3.00 bits per heavy atom. The summed E-state index contributed by atoms with van der Waals surface area (Å²) in [6, 6.07) is 4.08. The maximum atomic E-state index is 11.9. The van der Waals surface area contributed by atoms with E-state index in [-0.39, 0.29) is 11.0 Å². The molecule has 0 bridgehead atoms. The number of nitrogens with zero attached hydrogens (tertiary/aromatic N) is 2. The summed E-state index contributed by atoms with van der Waals surface area (Å²) >= 11 is 3.32. The first-order valence-corrected chi connectivity index (χ1v) is 6.65. The highest BCUT2D eigenvalue weighted by molar-refractivity contribution is 7.99. The number of thioether (sulfide) groups is 1. The number of rotatable bonds is 1. The molecule has 0 N–H and O–H groups in total. The van der Waals surface area contributed by atoms with Crippen LogP contribution in [0.4, 0.5) is 0 Å². The number of fused-ring (bicyclic) bond motifs is 1. The van der Waals surface area contributed by atoms with Crippen LogP contribution in [0.3, 0.4) is 0 Å². The van der Waals surface area contributed by atoms with Crippen molar-refractivity contribution in [3.05, 3.63) is 40.5 Å². The summed E-state index contributed by atoms with van der Waals surface area (Å²) in [5, 5.41) is 3.00. The number of carbonyl (C=O) groups is 1. The van der Waals surface area contributed by atoms with Crippen molar-refractivity contribution in [1.82, 2.24) is 9.97 Å². The van der Waals surface area contributed by atoms with Crippen LogP contribution in [-0.4, -0.2) is 15.8 Å². The Kier molecular flexibility index (Phi) is 2.49. The maximum absolute atomic E-state index is 11.9. The van der Waals surface area contributed by atoms with Crippen LogP contribution in [0, 0.1) is 0 Å². The molecular weight excluding hydrogens is 240 g/mol. The Morgan fingerprint density at radius 1 is 1.31 bits per heavy atom. The van der Waals surface area contributed by atoms with Crippen molar-refractivity contribution in [2.45, 2.75) is 16.7 Å². The largest absolute Gasteiger partial charge is 0.292 e. The normalized spacial score (nSPS) is 19.5. The first-order valence-electron chi connectivity index (χ1n) is 4.89. The molecule has 0 radical (unpaired) electrons. The van der Waals surface area contributed by atoms with E-state index in [0.717, 1.165) is 5.03 Å². The summed E-state index contributed by atoms with van der Waals surface area (Å²) in [6.07, 6.45) is 3.73. The van der Waals surface area contributed by atoms with Crippen molar-refractivity contribution < 1.29 is 4.79 Å². The lowest BCUT2D eigenvalue weighted by Crippen LogP contribution is -2.14. The molecule has 80 valence electrons. The van der Waals surface area contributed by atoms with Crippen molar-refractivity contribution in [2.75, 3.05) is 0 Å². The van der Waals surface area contributed by atoms with Gasteiger partial charge in [0.25, 0.3) is 0 Å². The standard InChI is InChI=1S/C11H8N2OS2/c14-7-6-9(8-2-1-5-15-8)16-11-10(7)12-3-4-13-11/h1-5,9H,6H2/t9-/m1/s1. The lowest BCUT2D eigenvalue weighted by atomic mass is 10.1. The predicted molar refractivity (Wildman–Crippen MR) is 63.9 cm³/mol. The van der Waals surface area contributed by atoms with Gasteiger partial charge >= 0.3 is 0 Å². The van der Waals surface area contributed by atoms with Crippen LogP contribution in [0.25, 0.3) is 0 Å². The molecule has 1 aliphatic rings. The van der Waals surface area contributed by atoms with Crippen LogP contribution in [0.2, 0.25) is 0 Å². The molecule has 2 aromatic rings. The number of hydrogen-bond acceptors (Lipinski definition) is 5. The number of ketones is 1. The summed E-state index contributed by atoms with van der Waals surface area (Å²) in [6.45, 7) is 0. The summed E-state index contributed by atoms with van der Waals surface area (Å²) in [5.41, 5.74) is 0.528. The van der Waals surface area contributed by atoms with Gasteiger partial charge in [0.05, 0.1) is 5.25 Å². The van der Waals surface area contributed by atoms with Gasteiger partial charge in [0, 0.05) is 23.7 Å². The Balaban J connectivity index is 1.98. The van der Waals surface area contributed by atoms with Gasteiger partial charge in [-0.15, -0.1) is 11.3 Å². The lowest BCUT2D eigenvalue weighted by Gasteiger charge is -2.19. The van der Waals surface area contributed by atoms with Crippen LogP contribution in [-0.2, 0) is 0 Å². The van der Waals surface area contributed by atoms with Crippen LogP contribution in [0.15, 0.2) is 34.9 Å². The number of aromatic nitrogens is 2. The van der Waals surface area contributed by atoms with E-state index in [2.05, 4.69) is 16.0 Å². The van der Waals surface area contributed by atoms with E-state index in [0.29, 0.717) is 12.1 Å². The highest BCUT2D eigenvalue weighted by atomic mass is 32.2. The van der Waals surface area contributed by atoms with Gasteiger partial charge in [0.2, 0.25) is 0 Å². The molecule has 0 saturated carbocycles. The van der Waals surface area contributed by atoms with E-state index in [1.54, 1.807) is 35.5 Å². The highest BCUT2D eigenvalue weighted by Gasteiger charge is 2.29. The van der Waals surface area contributed by atoms with Gasteiger partial charge in [-0.05, 0) is 11.4 Å². The molecule has 0 unspecified atom stereocenters. The second-order valence-electron chi connectivity index (χ2n) is 3.46. The van der Waals surface area contributed by atoms with E-state index in [9.17, 15) is 4.79 Å². The van der Waals surface area contributed by atoms with E-state index in [1.165, 1.54) is 4.88 Å². The van der Waals surface area contributed by atoms with Gasteiger partial charge in [-0.1, -0.05) is 17.8 Å². The van der Waals surface area contributed by atoms with E-state index >= 15 is 0 Å². The van der Waals surface area contributed by atoms with Crippen LogP contribution in [0.5, 0.6) is 0 Å². The van der Waals surface area contributed by atoms with Crippen molar-refractivity contribution in [3.63, 3.8) is 0 Å². The fourth-order valence-electron chi connectivity index (χ4n) is 1.68. The van der Waals surface area contributed by atoms with Gasteiger partial charge < -0.3 is 0 Å². The topological polar surface area (TPSA) is 42.9 Å². The molecule has 3 nitrogen and oxygen atoms in total. The number of carbonyl (C=O) groups excluding carboxylic acids is 1. The van der Waals surface area contributed by atoms with Crippen molar-refractivity contribution >= 4 is 28.9 Å². The first kappa shape index (κ1) is 9.99. The molecule has 0 aliphatic carbocycles. The molecule has 1 aliphatic heterocycles. The van der Waals surface area contributed by atoms with Gasteiger partial charge in [0.1, 0.15) is 10.7 Å². The second-order valence-corrected chi connectivity index (χ2v) is 5.63. The van der Waals surface area contributed by atoms with E-state index in [4.69, 9.17) is 0 Å². The minimum Gasteiger partial charge on any atom is -0.292 e. The highest BCUT2D eigenvalue weighted by Crippen LogP contribution is 2.44. The molecule has 0 saturated heterocycles. The molecule has 3 heterocycles. The minimum absolute atomic E-state index is 0.0975. The zero-order valence-corrected chi connectivity index (χ0v) is 9.92. The van der Waals surface area contributed by atoms with Crippen molar-refractivity contribution in [1.29, 1.82) is 0 Å². The Hall–Kier alpha value is -1.20. The summed E-state index contributed by atoms with van der Waals surface area (Å²) in [5.74, 6) is 0.0975. The number of hydrogen-bond donors (Lipinski definition) is 0. The van der Waals surface area contributed by atoms with Crippen LogP contribution in [0.1, 0.15) is 27.0 Å². The summed E-state index contributed by atoms with van der Waals surface area (Å²) in [7, 11) is 0. The zero-order valence-electron chi connectivity index (χ0n) is 8.29. The van der Waals surface area contributed by atoms with E-state index in [1.807, 2.05) is 11.4 Å². The fourth-order valence-corrected chi connectivity index (χ4v) is 3.79. The summed E-state index contributed by atoms with van der Waals surface area (Å²) in [4.78, 5) is 21.4. The average molecular weight is 248 g/mol. The minimum atomic E-state index is 0.0975. The molecular formula is C11H8N2OS2. The van der Waals surface area contributed by atoms with Crippen molar-refractivity contribution in [3.8, 4) is 0 Å². The molecule has 0 fully saturated rings. The van der Waals surface area contributed by atoms with Crippen molar-refractivity contribution in [2.24, 2.45) is 0 Å². The third-order valence-corrected chi connectivity index (χ3v) is 4.78. The number of Topliss-reactive ketones (excluding diaryl/α,β-unsaturated/α-hetero) is 1. The fraction of sp³-hybridized carbons (Fsp3) is 0.182. The Bertz CT molecular complexity index is 525. The Morgan fingerprint density at radius 2 is 2.19 bits per heavy atom. The summed E-state index contributed by atoms with van der Waals surface area (Å²) < 4.78 is 0. The third-order valence-electron chi connectivity index (χ3n) is 2.41. The zero-order chi connectivity index (χ0) is 11.0. The van der Waals surface area contributed by atoms with Gasteiger partial charge in [-0.25, -0.2) is 9.97 Å². The Labute approximate surface area is 101 Å². The smallest absolute Gasteiger partial charge is 0.185 e. The van der Waals surface area contributed by atoms with Crippen LogP contribution >= 0.6 is 23.1 Å². The molecule has 2 aromatic heterocycles. The maximum Gasteiger partial charge on any atom is 0.185 e. The molecule has 3 rings (SSSR count). The molecule has 5 heteroatoms. The number of thiophene rings is 1. The lowest BCUT2D eigenvalue weighted by molar-refractivity contribution is 0.0970. The average Bonchev–Trinajstić information content (AvgIpc) is 2.82. The molecule has 0 spiro atoms. The quantitative estimate of drug-likeness (QED) is 0.778. The molecule has 0 amide bonds. The predicted octanol–water partition coefficient (Wildman–Crippen LogP) is 2.96. The van der Waals surface area contributed by atoms with Gasteiger partial charge in [0.15, 0.2) is 5.78 Å². The van der Waals surface area contributed by atoms with Gasteiger partial charge in [-0.2, -0.15) is 0 Å². The molecule has 0 aromatic carbocycles. The van der Waals surface area contributed by atoms with Crippen LogP contribution < -0.4 is 0 Å². The molecule has 1 atom stereocenters. The second kappa shape index (κ2) is 3.99. The van der Waals surface area contributed by atoms with Gasteiger partial charge in [-0.3, -0.25) is 4.79 Å².